The number of para-hydroxylation sites is 1. The maximum atomic E-state index is 10.1. The van der Waals surface area contributed by atoms with Crippen LogP contribution in [0.25, 0.3) is 33.8 Å². The van der Waals surface area contributed by atoms with Crippen LogP contribution in [0.4, 0.5) is 0 Å². The Bertz CT molecular complexity index is 983. The molecule has 118 valence electrons. The Kier molecular flexibility index (Phi) is 3.39. The first kappa shape index (κ1) is 14.3. The van der Waals surface area contributed by atoms with E-state index in [0.717, 1.165) is 28.2 Å². The van der Waals surface area contributed by atoms with Crippen LogP contribution in [0.5, 0.6) is 5.75 Å². The number of hydrogen-bond acceptors (Lipinski definition) is 3. The molecular weight excluding hydrogens is 300 g/mol. The number of phenolic OH excluding ortho intramolecular Hbond substituents is 1. The highest BCUT2D eigenvalue weighted by Gasteiger charge is 2.15. The number of rotatable bonds is 3. The molecule has 2 aromatic heterocycles. The number of nitrogens with one attached hydrogen (secondary N) is 2. The van der Waals surface area contributed by atoms with Crippen molar-refractivity contribution in [2.75, 3.05) is 0 Å². The van der Waals surface area contributed by atoms with Gasteiger partial charge in [0.2, 0.25) is 0 Å². The molecule has 0 fully saturated rings. The van der Waals surface area contributed by atoms with Crippen molar-refractivity contribution in [3.05, 3.63) is 66.4 Å². The molecule has 2 heterocycles. The van der Waals surface area contributed by atoms with Crippen molar-refractivity contribution >= 4 is 0 Å². The second-order valence-electron chi connectivity index (χ2n) is 5.71. The third-order valence-corrected chi connectivity index (χ3v) is 4.03. The molecule has 4 rings (SSSR count). The number of aromatic amines is 2. The van der Waals surface area contributed by atoms with Crippen LogP contribution in [-0.2, 0) is 0 Å². The Hall–Kier alpha value is -3.34. The van der Waals surface area contributed by atoms with E-state index in [0.29, 0.717) is 5.56 Å². The molecule has 3 N–H and O–H groups in total. The summed E-state index contributed by atoms with van der Waals surface area (Å²) in [5, 5.41) is 24.6. The van der Waals surface area contributed by atoms with E-state index in [9.17, 15) is 5.11 Å². The number of benzene rings is 2. The summed E-state index contributed by atoms with van der Waals surface area (Å²) in [7, 11) is 0. The van der Waals surface area contributed by atoms with Crippen molar-refractivity contribution in [3.63, 3.8) is 0 Å². The topological polar surface area (TPSA) is 77.6 Å². The minimum atomic E-state index is 0.210. The van der Waals surface area contributed by atoms with Gasteiger partial charge >= 0.3 is 0 Å². The van der Waals surface area contributed by atoms with E-state index < -0.39 is 0 Å². The molecule has 0 spiro atoms. The number of aromatic nitrogens is 4. The van der Waals surface area contributed by atoms with E-state index in [-0.39, 0.29) is 5.75 Å². The Morgan fingerprint density at radius 2 is 1.71 bits per heavy atom. The number of phenols is 1. The minimum absolute atomic E-state index is 0.210. The van der Waals surface area contributed by atoms with Gasteiger partial charge in [-0.1, -0.05) is 42.0 Å². The average molecular weight is 316 g/mol. The molecule has 24 heavy (non-hydrogen) atoms. The molecule has 0 aliphatic rings. The molecule has 0 radical (unpaired) electrons. The van der Waals surface area contributed by atoms with Gasteiger partial charge in [-0.2, -0.15) is 10.2 Å². The quantitative estimate of drug-likeness (QED) is 0.531. The Balaban J connectivity index is 1.75. The molecule has 5 nitrogen and oxygen atoms in total. The van der Waals surface area contributed by atoms with Crippen LogP contribution in [0.2, 0.25) is 0 Å². The summed E-state index contributed by atoms with van der Waals surface area (Å²) in [6, 6.07) is 17.4. The SMILES string of the molecule is Cc1ccc(-c2cc(-c3cn[nH]c3-c3ccccc3O)[nH]n2)cc1. The Morgan fingerprint density at radius 1 is 0.917 bits per heavy atom. The third-order valence-electron chi connectivity index (χ3n) is 4.03. The minimum Gasteiger partial charge on any atom is -0.507 e. The van der Waals surface area contributed by atoms with Gasteiger partial charge in [-0.15, -0.1) is 0 Å². The highest BCUT2D eigenvalue weighted by atomic mass is 16.3. The summed E-state index contributed by atoms with van der Waals surface area (Å²) in [5.74, 6) is 0.210. The van der Waals surface area contributed by atoms with Gasteiger partial charge in [0.1, 0.15) is 5.75 Å². The fourth-order valence-corrected chi connectivity index (χ4v) is 2.71. The fourth-order valence-electron chi connectivity index (χ4n) is 2.71. The average Bonchev–Trinajstić information content (AvgIpc) is 3.25. The predicted octanol–water partition coefficient (Wildman–Crippen LogP) is 4.15. The van der Waals surface area contributed by atoms with Gasteiger partial charge in [0.25, 0.3) is 0 Å². The molecule has 0 aliphatic carbocycles. The smallest absolute Gasteiger partial charge is 0.124 e. The summed E-state index contributed by atoms with van der Waals surface area (Å²) in [4.78, 5) is 0. The number of aromatic hydroxyl groups is 1. The van der Waals surface area contributed by atoms with Crippen molar-refractivity contribution in [3.8, 4) is 39.5 Å². The summed E-state index contributed by atoms with van der Waals surface area (Å²) in [6.45, 7) is 2.06. The first-order chi connectivity index (χ1) is 11.7. The number of H-pyrrole nitrogens is 2. The van der Waals surface area contributed by atoms with Crippen molar-refractivity contribution in [2.45, 2.75) is 6.92 Å². The Morgan fingerprint density at radius 3 is 2.50 bits per heavy atom. The van der Waals surface area contributed by atoms with Gasteiger partial charge in [-0.25, -0.2) is 0 Å². The molecule has 5 heteroatoms. The molecule has 0 amide bonds. The zero-order valence-corrected chi connectivity index (χ0v) is 13.1. The molecule has 0 atom stereocenters. The van der Waals surface area contributed by atoms with Crippen LogP contribution >= 0.6 is 0 Å². The van der Waals surface area contributed by atoms with Crippen LogP contribution in [0, 0.1) is 6.92 Å². The van der Waals surface area contributed by atoms with Gasteiger partial charge in [0.15, 0.2) is 0 Å². The number of hydrogen-bond donors (Lipinski definition) is 3. The van der Waals surface area contributed by atoms with Gasteiger partial charge in [-0.3, -0.25) is 10.2 Å². The lowest BCUT2D eigenvalue weighted by molar-refractivity contribution is 0.477. The molecule has 0 bridgehead atoms. The second-order valence-corrected chi connectivity index (χ2v) is 5.71. The zero-order chi connectivity index (χ0) is 16.5. The van der Waals surface area contributed by atoms with Gasteiger partial charge in [0.05, 0.1) is 23.3 Å². The fraction of sp³-hybridized carbons (Fsp3) is 0.0526. The molecular formula is C19H16N4O. The number of aryl methyl sites for hydroxylation is 1. The van der Waals surface area contributed by atoms with E-state index in [1.165, 1.54) is 5.56 Å². The number of nitrogens with zero attached hydrogens (tertiary/aromatic N) is 2. The molecule has 0 unspecified atom stereocenters. The van der Waals surface area contributed by atoms with Crippen LogP contribution in [0.15, 0.2) is 60.8 Å². The first-order valence-electron chi connectivity index (χ1n) is 7.67. The summed E-state index contributed by atoms with van der Waals surface area (Å²) in [5.41, 5.74) is 6.31. The van der Waals surface area contributed by atoms with Crippen LogP contribution < -0.4 is 0 Å². The summed E-state index contributed by atoms with van der Waals surface area (Å²) < 4.78 is 0. The lowest BCUT2D eigenvalue weighted by Gasteiger charge is -2.03. The summed E-state index contributed by atoms with van der Waals surface area (Å²) >= 11 is 0. The maximum Gasteiger partial charge on any atom is 0.124 e. The van der Waals surface area contributed by atoms with Crippen LogP contribution in [0.3, 0.4) is 0 Å². The lowest BCUT2D eigenvalue weighted by Crippen LogP contribution is -1.83. The Labute approximate surface area is 139 Å². The second kappa shape index (κ2) is 5.70. The van der Waals surface area contributed by atoms with Gasteiger partial charge in [-0.05, 0) is 25.1 Å². The van der Waals surface area contributed by atoms with E-state index in [1.54, 1.807) is 18.3 Å². The van der Waals surface area contributed by atoms with Crippen molar-refractivity contribution in [2.24, 2.45) is 0 Å². The van der Waals surface area contributed by atoms with Crippen LogP contribution in [-0.4, -0.2) is 25.5 Å². The largest absolute Gasteiger partial charge is 0.507 e. The molecule has 4 aromatic rings. The molecule has 0 saturated carbocycles. The normalized spacial score (nSPS) is 10.9. The van der Waals surface area contributed by atoms with Crippen molar-refractivity contribution < 1.29 is 5.11 Å². The van der Waals surface area contributed by atoms with Gasteiger partial charge in [0, 0.05) is 16.7 Å². The van der Waals surface area contributed by atoms with E-state index in [1.807, 2.05) is 18.2 Å². The zero-order valence-electron chi connectivity index (χ0n) is 13.1. The standard InChI is InChI=1S/C19H16N4O/c1-12-6-8-13(9-7-12)16-10-17(22-21-16)15-11-20-23-19(15)14-4-2-3-5-18(14)24/h2-11,24H,1H3,(H,20,23)(H,21,22). The van der Waals surface area contributed by atoms with E-state index in [4.69, 9.17) is 0 Å². The van der Waals surface area contributed by atoms with Crippen molar-refractivity contribution in [1.82, 2.24) is 20.4 Å². The first-order valence-corrected chi connectivity index (χ1v) is 7.67. The van der Waals surface area contributed by atoms with E-state index >= 15 is 0 Å². The third kappa shape index (κ3) is 2.46. The van der Waals surface area contributed by atoms with Gasteiger partial charge < -0.3 is 5.11 Å². The predicted molar refractivity (Wildman–Crippen MR) is 93.4 cm³/mol. The van der Waals surface area contributed by atoms with E-state index in [2.05, 4.69) is 51.6 Å². The maximum absolute atomic E-state index is 10.1. The lowest BCUT2D eigenvalue weighted by atomic mass is 10.0. The summed E-state index contributed by atoms with van der Waals surface area (Å²) in [6.07, 6.45) is 1.73. The molecule has 0 aliphatic heterocycles. The van der Waals surface area contributed by atoms with Crippen molar-refractivity contribution in [1.29, 1.82) is 0 Å². The molecule has 0 saturated heterocycles. The highest BCUT2D eigenvalue weighted by molar-refractivity contribution is 5.82. The monoisotopic (exact) mass is 316 g/mol. The highest BCUT2D eigenvalue weighted by Crippen LogP contribution is 2.35. The van der Waals surface area contributed by atoms with Crippen LogP contribution in [0.1, 0.15) is 5.56 Å². The molecule has 2 aromatic carbocycles.